The zero-order valence-electron chi connectivity index (χ0n) is 20.4. The molecule has 2 atom stereocenters. The number of benzene rings is 3. The Morgan fingerprint density at radius 3 is 2.29 bits per heavy atom. The van der Waals surface area contributed by atoms with Crippen molar-refractivity contribution in [3.05, 3.63) is 124 Å². The number of Topliss-reactive ketones (excluding diaryl/α,β-unsaturated/α-hetero) is 1. The van der Waals surface area contributed by atoms with Gasteiger partial charge in [0.05, 0.1) is 11.3 Å². The number of allylic oxidation sites excluding steroid dienone is 3. The van der Waals surface area contributed by atoms with Gasteiger partial charge in [-0.2, -0.15) is 13.2 Å². The highest BCUT2D eigenvalue weighted by molar-refractivity contribution is 6.10. The van der Waals surface area contributed by atoms with Crippen LogP contribution in [0.2, 0.25) is 0 Å². The summed E-state index contributed by atoms with van der Waals surface area (Å²) in [4.78, 5) is 27.2. The average Bonchev–Trinajstić information content (AvgIpc) is 2.89. The Kier molecular flexibility index (Phi) is 6.65. The van der Waals surface area contributed by atoms with Crippen LogP contribution in [0.25, 0.3) is 0 Å². The molecule has 1 heterocycles. The highest BCUT2D eigenvalue weighted by Gasteiger charge is 2.44. The van der Waals surface area contributed by atoms with E-state index in [9.17, 15) is 27.2 Å². The van der Waals surface area contributed by atoms with Crippen LogP contribution in [0.3, 0.4) is 0 Å². The lowest BCUT2D eigenvalue weighted by atomic mass is 9.70. The fourth-order valence-corrected chi connectivity index (χ4v) is 5.37. The van der Waals surface area contributed by atoms with E-state index in [0.29, 0.717) is 17.8 Å². The van der Waals surface area contributed by atoms with Crippen LogP contribution in [0.4, 0.5) is 23.2 Å². The van der Waals surface area contributed by atoms with Crippen LogP contribution < -0.4 is 10.6 Å². The van der Waals surface area contributed by atoms with Gasteiger partial charge in [-0.1, -0.05) is 60.7 Å². The van der Waals surface area contributed by atoms with Gasteiger partial charge in [0.15, 0.2) is 5.78 Å². The zero-order valence-corrected chi connectivity index (χ0v) is 20.4. The summed E-state index contributed by atoms with van der Waals surface area (Å²) < 4.78 is 56.8. The summed E-state index contributed by atoms with van der Waals surface area (Å²) in [5.74, 6) is -3.24. The van der Waals surface area contributed by atoms with E-state index in [1.54, 1.807) is 6.92 Å². The highest BCUT2D eigenvalue weighted by Crippen LogP contribution is 2.48. The number of alkyl halides is 3. The first kappa shape index (κ1) is 25.4. The molecule has 2 N–H and O–H groups in total. The molecular weight excluding hydrogens is 496 g/mol. The third-order valence-corrected chi connectivity index (χ3v) is 7.04. The molecule has 3 aromatic rings. The summed E-state index contributed by atoms with van der Waals surface area (Å²) >= 11 is 0. The van der Waals surface area contributed by atoms with E-state index in [1.807, 2.05) is 30.3 Å². The van der Waals surface area contributed by atoms with Gasteiger partial charge in [0.1, 0.15) is 5.82 Å². The molecule has 1 amide bonds. The average molecular weight is 521 g/mol. The van der Waals surface area contributed by atoms with Gasteiger partial charge < -0.3 is 10.6 Å². The third-order valence-electron chi connectivity index (χ3n) is 7.04. The minimum absolute atomic E-state index is 0.0600. The van der Waals surface area contributed by atoms with Crippen molar-refractivity contribution in [2.24, 2.45) is 0 Å². The molecule has 0 unspecified atom stereocenters. The molecule has 0 aromatic heterocycles. The molecule has 194 valence electrons. The van der Waals surface area contributed by atoms with Crippen LogP contribution in [0, 0.1) is 5.82 Å². The van der Waals surface area contributed by atoms with Crippen LogP contribution in [0.15, 0.2) is 101 Å². The van der Waals surface area contributed by atoms with Crippen molar-refractivity contribution in [2.45, 2.75) is 37.8 Å². The second-order valence-corrected chi connectivity index (χ2v) is 9.45. The lowest BCUT2D eigenvalue weighted by Crippen LogP contribution is -2.37. The molecule has 38 heavy (non-hydrogen) atoms. The fraction of sp³-hybridized carbons (Fsp3) is 0.200. The number of hydrogen-bond acceptors (Lipinski definition) is 3. The predicted molar refractivity (Wildman–Crippen MR) is 136 cm³/mol. The van der Waals surface area contributed by atoms with E-state index in [2.05, 4.69) is 10.6 Å². The largest absolute Gasteiger partial charge is 0.416 e. The molecule has 0 fully saturated rings. The molecule has 0 bridgehead atoms. The maximum Gasteiger partial charge on any atom is 0.416 e. The lowest BCUT2D eigenvalue weighted by molar-refractivity contribution is -0.138. The minimum Gasteiger partial charge on any atom is -0.362 e. The van der Waals surface area contributed by atoms with Crippen molar-refractivity contribution >= 4 is 17.4 Å². The molecule has 3 aromatic carbocycles. The smallest absolute Gasteiger partial charge is 0.362 e. The highest BCUT2D eigenvalue weighted by atomic mass is 19.4. The van der Waals surface area contributed by atoms with Crippen molar-refractivity contribution in [3.8, 4) is 0 Å². The predicted octanol–water partition coefficient (Wildman–Crippen LogP) is 6.84. The Labute approximate surface area is 217 Å². The number of rotatable bonds is 4. The number of ketones is 1. The van der Waals surface area contributed by atoms with E-state index in [4.69, 9.17) is 0 Å². The van der Waals surface area contributed by atoms with E-state index < -0.39 is 29.4 Å². The van der Waals surface area contributed by atoms with Crippen molar-refractivity contribution in [2.75, 3.05) is 5.32 Å². The molecule has 4 nitrogen and oxygen atoms in total. The first-order valence-electron chi connectivity index (χ1n) is 12.2. The molecule has 1 aliphatic carbocycles. The van der Waals surface area contributed by atoms with E-state index >= 15 is 0 Å². The number of nitrogens with one attached hydrogen (secondary N) is 2. The van der Waals surface area contributed by atoms with E-state index in [1.165, 1.54) is 42.5 Å². The van der Waals surface area contributed by atoms with Crippen LogP contribution >= 0.6 is 0 Å². The van der Waals surface area contributed by atoms with Gasteiger partial charge >= 0.3 is 6.18 Å². The van der Waals surface area contributed by atoms with Crippen molar-refractivity contribution in [3.63, 3.8) is 0 Å². The summed E-state index contributed by atoms with van der Waals surface area (Å²) in [7, 11) is 0. The molecule has 2 aliphatic rings. The van der Waals surface area contributed by atoms with Gasteiger partial charge in [-0.15, -0.1) is 0 Å². The maximum atomic E-state index is 14.3. The fourth-order valence-electron chi connectivity index (χ4n) is 5.37. The third kappa shape index (κ3) is 4.74. The van der Waals surface area contributed by atoms with Crippen molar-refractivity contribution in [1.29, 1.82) is 0 Å². The van der Waals surface area contributed by atoms with E-state index in [0.717, 1.165) is 11.6 Å². The topological polar surface area (TPSA) is 58.2 Å². The Morgan fingerprint density at radius 2 is 1.58 bits per heavy atom. The van der Waals surface area contributed by atoms with Crippen LogP contribution in [-0.4, -0.2) is 11.7 Å². The van der Waals surface area contributed by atoms with Gasteiger partial charge in [-0.3, -0.25) is 9.59 Å². The number of anilines is 1. The minimum atomic E-state index is -4.71. The van der Waals surface area contributed by atoms with Gasteiger partial charge in [0.25, 0.3) is 5.91 Å². The maximum absolute atomic E-state index is 14.3. The molecule has 0 saturated heterocycles. The number of carbonyl (C=O) groups is 2. The second-order valence-electron chi connectivity index (χ2n) is 9.45. The number of amides is 1. The Balaban J connectivity index is 1.64. The first-order valence-corrected chi connectivity index (χ1v) is 12.2. The summed E-state index contributed by atoms with van der Waals surface area (Å²) in [6.45, 7) is 1.58. The Morgan fingerprint density at radius 1 is 0.921 bits per heavy atom. The number of hydrogen-bond donors (Lipinski definition) is 2. The van der Waals surface area contributed by atoms with Crippen LogP contribution in [0.1, 0.15) is 48.3 Å². The Hall–Kier alpha value is -4.20. The van der Waals surface area contributed by atoms with Gasteiger partial charge in [0.2, 0.25) is 0 Å². The standard InChI is InChI=1S/C30H24F4N2O2/c1-17-26(29(38)36-23-14-8-7-13-22(23)31)27(20-11-5-6-12-21(20)30(32,33)34)28-24(35-17)15-19(16-25(28)37)18-9-3-2-4-10-18/h2-14,19,27,35H,15-16H2,1H3,(H,36,38)/t19-,27-/m1/s1. The normalized spacial score (nSPS) is 19.7. The quantitative estimate of drug-likeness (QED) is 0.370. The summed E-state index contributed by atoms with van der Waals surface area (Å²) in [5.41, 5.74) is 0.594. The zero-order chi connectivity index (χ0) is 27.0. The van der Waals surface area contributed by atoms with E-state index in [-0.39, 0.29) is 40.5 Å². The Bertz CT molecular complexity index is 1470. The number of dihydropyridines is 1. The summed E-state index contributed by atoms with van der Waals surface area (Å²) in [5, 5.41) is 5.63. The molecule has 1 aliphatic heterocycles. The number of halogens is 4. The van der Waals surface area contributed by atoms with Gasteiger partial charge in [-0.05, 0) is 48.6 Å². The summed E-state index contributed by atoms with van der Waals surface area (Å²) in [6.07, 6.45) is -4.22. The van der Waals surface area contributed by atoms with Gasteiger partial charge in [-0.25, -0.2) is 4.39 Å². The molecule has 8 heteroatoms. The SMILES string of the molecule is CC1=C(C(=O)Nc2ccccc2F)[C@@H](c2ccccc2C(F)(F)F)C2=C(C[C@@H](c3ccccc3)CC2=O)N1. The molecule has 0 spiro atoms. The molecule has 0 radical (unpaired) electrons. The van der Waals surface area contributed by atoms with Crippen molar-refractivity contribution in [1.82, 2.24) is 5.32 Å². The van der Waals surface area contributed by atoms with Crippen LogP contribution in [0.5, 0.6) is 0 Å². The summed E-state index contributed by atoms with van der Waals surface area (Å²) in [6, 6.07) is 19.9. The van der Waals surface area contributed by atoms with Crippen LogP contribution in [-0.2, 0) is 15.8 Å². The molecular formula is C30H24F4N2O2. The van der Waals surface area contributed by atoms with Gasteiger partial charge in [0, 0.05) is 34.9 Å². The first-order chi connectivity index (χ1) is 18.1. The molecule has 5 rings (SSSR count). The number of para-hydroxylation sites is 1. The number of carbonyl (C=O) groups excluding carboxylic acids is 2. The monoisotopic (exact) mass is 520 g/mol. The second kappa shape index (κ2) is 9.93. The molecule has 0 saturated carbocycles. The lowest BCUT2D eigenvalue weighted by Gasteiger charge is -2.37. The van der Waals surface area contributed by atoms with Crippen molar-refractivity contribution < 1.29 is 27.2 Å².